The Morgan fingerprint density at radius 2 is 1.79 bits per heavy atom. The van der Waals surface area contributed by atoms with Gasteiger partial charge in [0.25, 0.3) is 11.8 Å². The third-order valence-electron chi connectivity index (χ3n) is 5.59. The van der Waals surface area contributed by atoms with E-state index in [0.29, 0.717) is 39.2 Å². The zero-order valence-electron chi connectivity index (χ0n) is 21.4. The zero-order chi connectivity index (χ0) is 27.8. The maximum Gasteiger partial charge on any atom is 0.286 e. The second-order valence-electron chi connectivity index (χ2n) is 8.64. The van der Waals surface area contributed by atoms with Crippen LogP contribution in [0.2, 0.25) is 0 Å². The summed E-state index contributed by atoms with van der Waals surface area (Å²) in [7, 11) is -1.22. The predicted molar refractivity (Wildman–Crippen MR) is 155 cm³/mol. The summed E-state index contributed by atoms with van der Waals surface area (Å²) in [6.45, 7) is 1.82. The Bertz CT molecular complexity index is 1700. The van der Waals surface area contributed by atoms with Gasteiger partial charge in [0, 0.05) is 52.2 Å². The van der Waals surface area contributed by atoms with Gasteiger partial charge < -0.3 is 5.32 Å². The predicted octanol–water partition coefficient (Wildman–Crippen LogP) is 5.23. The summed E-state index contributed by atoms with van der Waals surface area (Å²) in [5, 5.41) is 7.71. The van der Waals surface area contributed by atoms with Crippen molar-refractivity contribution in [3.05, 3.63) is 107 Å². The average molecular weight is 605 g/mol. The zero-order valence-corrected chi connectivity index (χ0v) is 23.8. The lowest BCUT2D eigenvalue weighted by atomic mass is 10.1. The Morgan fingerprint density at radius 1 is 1.03 bits per heavy atom. The van der Waals surface area contributed by atoms with Gasteiger partial charge >= 0.3 is 0 Å². The lowest BCUT2D eigenvalue weighted by molar-refractivity contribution is 0.0999. The first-order chi connectivity index (χ1) is 18.8. The number of hydrogen-bond donors (Lipinski definition) is 1. The number of aryl methyl sites for hydroxylation is 2. The van der Waals surface area contributed by atoms with E-state index in [1.165, 1.54) is 10.9 Å². The van der Waals surface area contributed by atoms with Gasteiger partial charge in [0.15, 0.2) is 0 Å². The number of pyridine rings is 1. The summed E-state index contributed by atoms with van der Waals surface area (Å²) in [4.78, 5) is 30.3. The molecule has 10 heteroatoms. The highest BCUT2D eigenvalue weighted by Crippen LogP contribution is 2.18. The number of halogens is 1. The van der Waals surface area contributed by atoms with Crippen LogP contribution in [0.1, 0.15) is 44.1 Å². The van der Waals surface area contributed by atoms with Gasteiger partial charge in [-0.05, 0) is 55.8 Å². The topological polar surface area (TPSA) is 106 Å². The van der Waals surface area contributed by atoms with Crippen LogP contribution in [0.25, 0.3) is 0 Å². The quantitative estimate of drug-likeness (QED) is 0.230. The molecule has 0 aliphatic carbocycles. The second kappa shape index (κ2) is 12.7. The molecule has 1 atom stereocenters. The molecule has 0 spiro atoms. The summed E-state index contributed by atoms with van der Waals surface area (Å²) in [5.41, 5.74) is 3.17. The molecule has 0 aliphatic rings. The number of nitrogens with zero attached hydrogens (tertiary/aromatic N) is 4. The number of aromatic nitrogens is 3. The highest BCUT2D eigenvalue weighted by molar-refractivity contribution is 9.09. The lowest BCUT2D eigenvalue weighted by Gasteiger charge is -2.09. The standard InChI is InChI=1S/C29H26BrN5O3S/c1-21-16-27(35(2)33-21)29(37)32-25-9-6-8-22(18-25)12-13-23-17-24(20-31-19-23)28(36)34-39(38,15-7-14-30)26-10-4-3-5-11-26/h3-6,8-11,16-20H,7,14-15H2,1-2H3,(H,32,37). The first-order valence-electron chi connectivity index (χ1n) is 12.1. The van der Waals surface area contributed by atoms with Crippen LogP contribution in [0.5, 0.6) is 0 Å². The van der Waals surface area contributed by atoms with Crippen LogP contribution in [0, 0.1) is 18.8 Å². The number of anilines is 1. The number of benzene rings is 2. The molecule has 39 heavy (non-hydrogen) atoms. The third-order valence-corrected chi connectivity index (χ3v) is 8.46. The van der Waals surface area contributed by atoms with E-state index >= 15 is 0 Å². The number of nitrogens with one attached hydrogen (secondary N) is 1. The average Bonchev–Trinajstić information content (AvgIpc) is 3.29. The fraction of sp³-hybridized carbons (Fsp3) is 0.172. The number of hydrogen-bond acceptors (Lipinski definition) is 5. The molecule has 8 nitrogen and oxygen atoms in total. The number of amides is 2. The van der Waals surface area contributed by atoms with Gasteiger partial charge in [0.2, 0.25) is 0 Å². The number of alkyl halides is 1. The molecule has 2 aromatic heterocycles. The van der Waals surface area contributed by atoms with Gasteiger partial charge in [-0.1, -0.05) is 52.0 Å². The van der Waals surface area contributed by atoms with E-state index in [9.17, 15) is 13.8 Å². The molecule has 4 rings (SSSR count). The monoisotopic (exact) mass is 603 g/mol. The first-order valence-corrected chi connectivity index (χ1v) is 14.9. The van der Waals surface area contributed by atoms with E-state index in [-0.39, 0.29) is 17.2 Å². The van der Waals surface area contributed by atoms with Crippen LogP contribution in [0.15, 0.2) is 88.4 Å². The molecule has 0 bridgehead atoms. The molecule has 0 aliphatic heterocycles. The maximum atomic E-state index is 13.7. The van der Waals surface area contributed by atoms with E-state index in [1.807, 2.05) is 19.1 Å². The normalized spacial score (nSPS) is 12.1. The van der Waals surface area contributed by atoms with Crippen LogP contribution in [0.4, 0.5) is 5.69 Å². The minimum absolute atomic E-state index is 0.205. The molecule has 1 N–H and O–H groups in total. The van der Waals surface area contributed by atoms with Crippen molar-refractivity contribution in [1.29, 1.82) is 0 Å². The van der Waals surface area contributed by atoms with E-state index in [2.05, 4.69) is 47.5 Å². The van der Waals surface area contributed by atoms with Crippen molar-refractivity contribution < 1.29 is 13.8 Å². The summed E-state index contributed by atoms with van der Waals surface area (Å²) < 4.78 is 19.3. The maximum absolute atomic E-state index is 13.7. The van der Waals surface area contributed by atoms with Crippen molar-refractivity contribution in [2.75, 3.05) is 16.4 Å². The van der Waals surface area contributed by atoms with Crippen molar-refractivity contribution in [2.24, 2.45) is 11.4 Å². The van der Waals surface area contributed by atoms with Gasteiger partial charge in [-0.15, -0.1) is 0 Å². The van der Waals surface area contributed by atoms with Gasteiger partial charge in [0.05, 0.1) is 21.0 Å². The molecule has 0 radical (unpaired) electrons. The summed E-state index contributed by atoms with van der Waals surface area (Å²) >= 11 is 3.36. The largest absolute Gasteiger partial charge is 0.321 e. The minimum Gasteiger partial charge on any atom is -0.321 e. The lowest BCUT2D eigenvalue weighted by Crippen LogP contribution is -2.16. The second-order valence-corrected chi connectivity index (χ2v) is 11.8. The third kappa shape index (κ3) is 7.28. The van der Waals surface area contributed by atoms with Gasteiger partial charge in [-0.2, -0.15) is 9.46 Å². The fourth-order valence-electron chi connectivity index (χ4n) is 3.75. The van der Waals surface area contributed by atoms with Crippen molar-refractivity contribution in [1.82, 2.24) is 14.8 Å². The molecule has 0 saturated carbocycles. The molecule has 0 saturated heterocycles. The molecule has 0 fully saturated rings. The smallest absolute Gasteiger partial charge is 0.286 e. The van der Waals surface area contributed by atoms with Crippen molar-refractivity contribution in [3.63, 3.8) is 0 Å². The summed E-state index contributed by atoms with van der Waals surface area (Å²) in [5.74, 6) is 5.41. The first kappa shape index (κ1) is 28.0. The Kier molecular flexibility index (Phi) is 9.07. The van der Waals surface area contributed by atoms with Crippen LogP contribution < -0.4 is 5.32 Å². The van der Waals surface area contributed by atoms with E-state index in [1.54, 1.807) is 67.8 Å². The summed E-state index contributed by atoms with van der Waals surface area (Å²) in [6.07, 6.45) is 3.54. The fourth-order valence-corrected chi connectivity index (χ4v) is 6.32. The Hall–Kier alpha value is -4.07. The molecule has 2 amide bonds. The Balaban J connectivity index is 1.54. The Labute approximate surface area is 236 Å². The molecule has 198 valence electrons. The summed E-state index contributed by atoms with van der Waals surface area (Å²) in [6, 6.07) is 19.3. The van der Waals surface area contributed by atoms with Crippen molar-refractivity contribution >= 4 is 43.2 Å². The van der Waals surface area contributed by atoms with Gasteiger partial charge in [0.1, 0.15) is 5.69 Å². The molecule has 2 heterocycles. The molecule has 2 aromatic carbocycles. The van der Waals surface area contributed by atoms with Crippen LogP contribution in [-0.4, -0.2) is 41.9 Å². The van der Waals surface area contributed by atoms with E-state index in [4.69, 9.17) is 0 Å². The minimum atomic E-state index is -2.94. The SMILES string of the molecule is Cc1cc(C(=O)Nc2cccc(C#Cc3cncc(C(=O)N=S(=O)(CCCBr)c4ccccc4)c3)c2)n(C)n1. The van der Waals surface area contributed by atoms with Crippen LogP contribution in [-0.2, 0) is 16.8 Å². The highest BCUT2D eigenvalue weighted by Gasteiger charge is 2.16. The van der Waals surface area contributed by atoms with Crippen molar-refractivity contribution in [3.8, 4) is 11.8 Å². The van der Waals surface area contributed by atoms with Crippen LogP contribution in [0.3, 0.4) is 0 Å². The van der Waals surface area contributed by atoms with Gasteiger partial charge in [-0.25, -0.2) is 4.21 Å². The van der Waals surface area contributed by atoms with Crippen molar-refractivity contribution in [2.45, 2.75) is 18.2 Å². The Morgan fingerprint density at radius 3 is 2.51 bits per heavy atom. The van der Waals surface area contributed by atoms with Gasteiger partial charge in [-0.3, -0.25) is 19.3 Å². The van der Waals surface area contributed by atoms with E-state index in [0.717, 1.165) is 5.69 Å². The molecular formula is C29H26BrN5O3S. The number of carbonyl (C=O) groups is 2. The molecule has 1 unspecified atom stereocenters. The van der Waals surface area contributed by atoms with E-state index < -0.39 is 15.6 Å². The van der Waals surface area contributed by atoms with Crippen LogP contribution >= 0.6 is 15.9 Å². The highest BCUT2D eigenvalue weighted by atomic mass is 79.9. The molecular weight excluding hydrogens is 578 g/mol. The number of carbonyl (C=O) groups excluding carboxylic acids is 2. The number of rotatable bonds is 7. The molecule has 4 aromatic rings.